The van der Waals surface area contributed by atoms with Crippen molar-refractivity contribution in [1.29, 1.82) is 0 Å². The van der Waals surface area contributed by atoms with Crippen LogP contribution in [0, 0.1) is 0 Å². The van der Waals surface area contributed by atoms with Crippen molar-refractivity contribution in [3.05, 3.63) is 95.7 Å². The summed E-state index contributed by atoms with van der Waals surface area (Å²) >= 11 is 1.11. The van der Waals surface area contributed by atoms with Crippen LogP contribution in [0.25, 0.3) is 0 Å². The zero-order chi connectivity index (χ0) is 27.6. The normalized spacial score (nSPS) is 11.4. The molecule has 0 saturated heterocycles. The minimum absolute atomic E-state index is 0.106. The van der Waals surface area contributed by atoms with E-state index >= 15 is 0 Å². The highest BCUT2D eigenvalue weighted by Gasteiger charge is 2.15. The van der Waals surface area contributed by atoms with Crippen molar-refractivity contribution in [2.75, 3.05) is 25.6 Å². The Balaban J connectivity index is 1.46. The van der Waals surface area contributed by atoms with E-state index in [0.717, 1.165) is 16.9 Å². The first kappa shape index (κ1) is 27.6. The molecule has 0 aliphatic carbocycles. The molecule has 0 spiro atoms. The molecule has 0 aliphatic rings. The number of thiazole rings is 1. The van der Waals surface area contributed by atoms with Crippen molar-refractivity contribution in [3.63, 3.8) is 0 Å². The van der Waals surface area contributed by atoms with Gasteiger partial charge < -0.3 is 24.1 Å². The molecule has 2 N–H and O–H groups in total. The molecular formula is C29H28N2O7S. The summed E-state index contributed by atoms with van der Waals surface area (Å²) in [4.78, 5) is 28.5. The molecule has 0 saturated carbocycles. The minimum Gasteiger partial charge on any atom is -0.491 e. The summed E-state index contributed by atoms with van der Waals surface area (Å²) in [5.74, 6) is -0.128. The highest BCUT2D eigenvalue weighted by Crippen LogP contribution is 2.31. The van der Waals surface area contributed by atoms with E-state index in [0.29, 0.717) is 52.6 Å². The summed E-state index contributed by atoms with van der Waals surface area (Å²) in [6.07, 6.45) is 2.02. The summed E-state index contributed by atoms with van der Waals surface area (Å²) in [6, 6.07) is 21.2. The van der Waals surface area contributed by atoms with Crippen LogP contribution in [-0.4, -0.2) is 48.4 Å². The molecule has 0 unspecified atom stereocenters. The van der Waals surface area contributed by atoms with E-state index in [9.17, 15) is 9.59 Å². The van der Waals surface area contributed by atoms with Crippen LogP contribution in [0.2, 0.25) is 0 Å². The second kappa shape index (κ2) is 13.4. The number of methoxy groups -OCH3 is 1. The number of carboxylic acids is 1. The summed E-state index contributed by atoms with van der Waals surface area (Å²) in [5.41, 5.74) is 1.58. The third-order valence-electron chi connectivity index (χ3n) is 5.41. The number of carbonyl (C=O) groups is 2. The Hall–Kier alpha value is -4.41. The maximum absolute atomic E-state index is 13.1. The second-order valence-corrected chi connectivity index (χ2v) is 9.52. The van der Waals surface area contributed by atoms with E-state index < -0.39 is 11.9 Å². The lowest BCUT2D eigenvalue weighted by Gasteiger charge is -2.17. The molecule has 1 aromatic heterocycles. The van der Waals surface area contributed by atoms with Crippen LogP contribution in [0.3, 0.4) is 0 Å². The van der Waals surface area contributed by atoms with Crippen molar-refractivity contribution in [3.8, 4) is 22.3 Å². The van der Waals surface area contributed by atoms with Gasteiger partial charge in [-0.05, 0) is 42.8 Å². The van der Waals surface area contributed by atoms with Gasteiger partial charge in [0.25, 0.3) is 5.91 Å². The number of hydrogen-bond acceptors (Lipinski definition) is 8. The molecule has 1 heterocycles. The van der Waals surface area contributed by atoms with Crippen molar-refractivity contribution in [1.82, 2.24) is 4.98 Å². The second-order valence-electron chi connectivity index (χ2n) is 8.53. The molecule has 1 amide bonds. The Morgan fingerprint density at radius 3 is 2.49 bits per heavy atom. The van der Waals surface area contributed by atoms with Gasteiger partial charge in [-0.15, -0.1) is 0 Å². The molecule has 202 valence electrons. The molecule has 1 atom stereocenters. The first-order chi connectivity index (χ1) is 18.9. The fourth-order valence-corrected chi connectivity index (χ4v) is 4.34. The number of carboxylic acid groups (broad SMARTS) is 1. The zero-order valence-corrected chi connectivity index (χ0v) is 22.3. The molecule has 9 nitrogen and oxygen atoms in total. The van der Waals surface area contributed by atoms with Gasteiger partial charge in [-0.1, -0.05) is 47.7 Å². The molecule has 0 aliphatic heterocycles. The van der Waals surface area contributed by atoms with Gasteiger partial charge in [0.1, 0.15) is 23.9 Å². The van der Waals surface area contributed by atoms with Crippen LogP contribution in [0.15, 0.2) is 79.0 Å². The van der Waals surface area contributed by atoms with Gasteiger partial charge >= 0.3 is 5.97 Å². The van der Waals surface area contributed by atoms with Gasteiger partial charge in [-0.2, -0.15) is 0 Å². The number of amides is 1. The van der Waals surface area contributed by atoms with Crippen LogP contribution in [0.4, 0.5) is 5.13 Å². The average Bonchev–Trinajstić information content (AvgIpc) is 3.35. The predicted molar refractivity (Wildman–Crippen MR) is 148 cm³/mol. The van der Waals surface area contributed by atoms with Gasteiger partial charge in [0.2, 0.25) is 5.06 Å². The summed E-state index contributed by atoms with van der Waals surface area (Å²) in [5, 5.41) is 12.6. The number of aromatic carboxylic acids is 1. The highest BCUT2D eigenvalue weighted by molar-refractivity contribution is 7.17. The van der Waals surface area contributed by atoms with Gasteiger partial charge in [0.15, 0.2) is 5.13 Å². The predicted octanol–water partition coefficient (Wildman–Crippen LogP) is 5.92. The van der Waals surface area contributed by atoms with Gasteiger partial charge in [0.05, 0.1) is 24.5 Å². The highest BCUT2D eigenvalue weighted by atomic mass is 32.1. The van der Waals surface area contributed by atoms with Crippen molar-refractivity contribution in [2.45, 2.75) is 19.4 Å². The first-order valence-electron chi connectivity index (χ1n) is 12.2. The summed E-state index contributed by atoms with van der Waals surface area (Å²) in [7, 11) is 1.59. The van der Waals surface area contributed by atoms with Crippen LogP contribution in [0.5, 0.6) is 22.3 Å². The topological polar surface area (TPSA) is 116 Å². The maximum Gasteiger partial charge on any atom is 0.335 e. The van der Waals surface area contributed by atoms with E-state index in [1.165, 1.54) is 18.3 Å². The molecule has 0 radical (unpaired) electrons. The Morgan fingerprint density at radius 1 is 0.949 bits per heavy atom. The van der Waals surface area contributed by atoms with Gasteiger partial charge in [0, 0.05) is 25.2 Å². The quantitative estimate of drug-likeness (QED) is 0.198. The number of carbonyl (C=O) groups excluding carboxylic acids is 1. The number of benzene rings is 3. The molecule has 0 fully saturated rings. The first-order valence-corrected chi connectivity index (χ1v) is 13.0. The number of aromatic nitrogens is 1. The molecule has 4 rings (SSSR count). The lowest BCUT2D eigenvalue weighted by Crippen LogP contribution is -2.17. The Labute approximate surface area is 230 Å². The Bertz CT molecular complexity index is 1410. The number of nitrogens with one attached hydrogen (secondary N) is 1. The minimum atomic E-state index is -1.05. The molecule has 4 aromatic rings. The van der Waals surface area contributed by atoms with E-state index in [2.05, 4.69) is 10.3 Å². The lowest BCUT2D eigenvalue weighted by atomic mass is 10.1. The smallest absolute Gasteiger partial charge is 0.335 e. The fraction of sp³-hybridized carbons (Fsp3) is 0.207. The molecule has 10 heteroatoms. The van der Waals surface area contributed by atoms with Crippen LogP contribution in [0.1, 0.15) is 33.2 Å². The Morgan fingerprint density at radius 2 is 1.72 bits per heavy atom. The third kappa shape index (κ3) is 8.29. The number of anilines is 1. The maximum atomic E-state index is 13.1. The standard InChI is InChI=1S/C29H28N2O7S/c1-19(13-20-7-4-3-5-8-20)37-25-16-22(15-24(17-25)36-12-11-35-2)27(32)31-29-30-18-26(39-29)38-23-10-6-9-21(14-23)28(33)34/h3-10,14-19H,11-13H2,1-2H3,(H,33,34)(H,30,31,32)/t19-/m0/s1. The van der Waals surface area contributed by atoms with Crippen molar-refractivity contribution < 1.29 is 33.6 Å². The van der Waals surface area contributed by atoms with E-state index in [1.54, 1.807) is 37.4 Å². The van der Waals surface area contributed by atoms with Crippen LogP contribution < -0.4 is 19.5 Å². The monoisotopic (exact) mass is 548 g/mol. The summed E-state index contributed by atoms with van der Waals surface area (Å²) < 4.78 is 22.7. The largest absolute Gasteiger partial charge is 0.491 e. The molecule has 39 heavy (non-hydrogen) atoms. The van der Waals surface area contributed by atoms with E-state index in [4.69, 9.17) is 24.1 Å². The van der Waals surface area contributed by atoms with Crippen LogP contribution >= 0.6 is 11.3 Å². The Kier molecular flexibility index (Phi) is 9.49. The van der Waals surface area contributed by atoms with Gasteiger partial charge in [-0.25, -0.2) is 9.78 Å². The van der Waals surface area contributed by atoms with Gasteiger partial charge in [-0.3, -0.25) is 10.1 Å². The average molecular weight is 549 g/mol. The lowest BCUT2D eigenvalue weighted by molar-refractivity contribution is 0.0696. The zero-order valence-electron chi connectivity index (χ0n) is 21.5. The fourth-order valence-electron chi connectivity index (χ4n) is 3.66. The SMILES string of the molecule is COCCOc1cc(O[C@@H](C)Cc2ccccc2)cc(C(=O)Nc2ncc(Oc3cccc(C(=O)O)c3)s2)c1. The van der Waals surface area contributed by atoms with Crippen molar-refractivity contribution in [2.24, 2.45) is 0 Å². The number of rotatable bonds is 13. The van der Waals surface area contributed by atoms with Crippen LogP contribution in [-0.2, 0) is 11.2 Å². The number of ether oxygens (including phenoxy) is 4. The number of nitrogens with zero attached hydrogens (tertiary/aromatic N) is 1. The molecular weight excluding hydrogens is 520 g/mol. The molecule has 0 bridgehead atoms. The van der Waals surface area contributed by atoms with E-state index in [1.807, 2.05) is 37.3 Å². The van der Waals surface area contributed by atoms with Crippen molar-refractivity contribution >= 4 is 28.3 Å². The summed E-state index contributed by atoms with van der Waals surface area (Å²) in [6.45, 7) is 2.68. The number of hydrogen-bond donors (Lipinski definition) is 2. The third-order valence-corrected chi connectivity index (χ3v) is 6.20. The molecule has 3 aromatic carbocycles. The van der Waals surface area contributed by atoms with E-state index in [-0.39, 0.29) is 11.7 Å².